The average molecular weight is 532 g/mol. The molecule has 0 radical (unpaired) electrons. The molecule has 0 bridgehead atoms. The lowest BCUT2D eigenvalue weighted by Gasteiger charge is -2.11. The summed E-state index contributed by atoms with van der Waals surface area (Å²) in [5.74, 6) is 0. The maximum atomic E-state index is 3.77. The fraction of sp³-hybridized carbons (Fsp3) is 0.111. The first kappa shape index (κ1) is 19.1. The summed E-state index contributed by atoms with van der Waals surface area (Å²) >= 11 is 7.54. The highest BCUT2D eigenvalue weighted by molar-refractivity contribution is 9.11. The molecule has 0 unspecified atom stereocenters. The fourth-order valence-corrected chi connectivity index (χ4v) is 6.12. The van der Waals surface area contributed by atoms with Crippen LogP contribution in [0.25, 0.3) is 43.6 Å². The number of nitrogens with zero attached hydrogens (tertiary/aromatic N) is 2. The van der Waals surface area contributed by atoms with Gasteiger partial charge in [0.25, 0.3) is 0 Å². The topological polar surface area (TPSA) is 9.86 Å². The number of aromatic nitrogens is 2. The van der Waals surface area contributed by atoms with Crippen LogP contribution in [0, 0.1) is 0 Å². The van der Waals surface area contributed by atoms with Crippen LogP contribution in [0.5, 0.6) is 0 Å². The molecule has 0 aliphatic carbocycles. The Balaban J connectivity index is 1.42. The molecule has 0 amide bonds. The molecule has 2 aromatic heterocycles. The summed E-state index contributed by atoms with van der Waals surface area (Å²) in [4.78, 5) is 0. The monoisotopic (exact) mass is 530 g/mol. The third-order valence-corrected chi connectivity index (χ3v) is 7.58. The van der Waals surface area contributed by atoms with Crippen LogP contribution in [0.15, 0.2) is 93.9 Å². The summed E-state index contributed by atoms with van der Waals surface area (Å²) in [6.45, 7) is 1.95. The van der Waals surface area contributed by atoms with Gasteiger partial charge in [0.05, 0.1) is 11.0 Å². The predicted octanol–water partition coefficient (Wildman–Crippen LogP) is 8.52. The minimum atomic E-state index is 0.975. The Kier molecular flexibility index (Phi) is 4.66. The molecule has 0 fully saturated rings. The molecule has 0 N–H and O–H groups in total. The zero-order chi connectivity index (χ0) is 20.9. The van der Waals surface area contributed by atoms with Crippen LogP contribution >= 0.6 is 31.9 Å². The lowest BCUT2D eigenvalue weighted by atomic mass is 10.2. The maximum absolute atomic E-state index is 3.77. The van der Waals surface area contributed by atoms with Gasteiger partial charge in [0.1, 0.15) is 0 Å². The second-order valence-corrected chi connectivity index (χ2v) is 9.67. The maximum Gasteiger partial charge on any atom is 0.0502 e. The molecule has 31 heavy (non-hydrogen) atoms. The van der Waals surface area contributed by atoms with Gasteiger partial charge in [-0.15, -0.1) is 0 Å². The molecule has 0 saturated heterocycles. The van der Waals surface area contributed by atoms with Crippen LogP contribution in [0.1, 0.15) is 6.42 Å². The second kappa shape index (κ2) is 7.54. The molecule has 4 heteroatoms. The van der Waals surface area contributed by atoms with Gasteiger partial charge >= 0.3 is 0 Å². The van der Waals surface area contributed by atoms with Crippen molar-refractivity contribution in [2.45, 2.75) is 19.5 Å². The second-order valence-electron chi connectivity index (χ2n) is 7.96. The molecule has 6 rings (SSSR count). The average Bonchev–Trinajstić information content (AvgIpc) is 3.29. The number of aryl methyl sites for hydroxylation is 2. The van der Waals surface area contributed by atoms with Gasteiger partial charge in [0.2, 0.25) is 0 Å². The Morgan fingerprint density at radius 1 is 0.484 bits per heavy atom. The zero-order valence-electron chi connectivity index (χ0n) is 16.9. The van der Waals surface area contributed by atoms with E-state index in [4.69, 9.17) is 0 Å². The minimum Gasteiger partial charge on any atom is -0.340 e. The van der Waals surface area contributed by atoms with Gasteiger partial charge < -0.3 is 9.13 Å². The number of halogens is 2. The summed E-state index contributed by atoms with van der Waals surface area (Å²) in [6, 6.07) is 30.4. The Bertz CT molecular complexity index is 1470. The van der Waals surface area contributed by atoms with Gasteiger partial charge in [-0.3, -0.25) is 0 Å². The first-order valence-electron chi connectivity index (χ1n) is 10.5. The van der Waals surface area contributed by atoms with Crippen molar-refractivity contribution in [3.63, 3.8) is 0 Å². The van der Waals surface area contributed by atoms with Crippen molar-refractivity contribution < 1.29 is 0 Å². The number of para-hydroxylation sites is 2. The van der Waals surface area contributed by atoms with E-state index in [9.17, 15) is 0 Å². The van der Waals surface area contributed by atoms with Gasteiger partial charge in [-0.1, -0.05) is 80.4 Å². The summed E-state index contributed by atoms with van der Waals surface area (Å²) < 4.78 is 7.26. The predicted molar refractivity (Wildman–Crippen MR) is 139 cm³/mol. The van der Waals surface area contributed by atoms with Crippen LogP contribution in [0.3, 0.4) is 0 Å². The Labute approximate surface area is 197 Å². The van der Waals surface area contributed by atoms with Gasteiger partial charge in [0, 0.05) is 54.6 Å². The van der Waals surface area contributed by atoms with E-state index < -0.39 is 0 Å². The van der Waals surface area contributed by atoms with E-state index in [1.165, 1.54) is 43.6 Å². The van der Waals surface area contributed by atoms with Crippen molar-refractivity contribution in [2.24, 2.45) is 0 Å². The highest BCUT2D eigenvalue weighted by Gasteiger charge is 2.14. The molecular formula is C27H20Br2N2. The summed E-state index contributed by atoms with van der Waals surface area (Å²) in [6.07, 6.45) is 1.06. The van der Waals surface area contributed by atoms with E-state index in [1.54, 1.807) is 0 Å². The first-order chi connectivity index (χ1) is 15.2. The largest absolute Gasteiger partial charge is 0.340 e. The normalized spacial score (nSPS) is 11.9. The van der Waals surface area contributed by atoms with Crippen molar-refractivity contribution >= 4 is 75.5 Å². The third kappa shape index (κ3) is 2.96. The van der Waals surface area contributed by atoms with E-state index in [0.717, 1.165) is 28.5 Å². The van der Waals surface area contributed by atoms with Crippen molar-refractivity contribution in [3.8, 4) is 0 Å². The summed E-state index contributed by atoms with van der Waals surface area (Å²) in [5, 5.41) is 5.23. The Morgan fingerprint density at radius 2 is 0.903 bits per heavy atom. The molecule has 4 aromatic carbocycles. The SMILES string of the molecule is Brc1cccc2c1c1ccccc1n2CCCn1c2ccccc2c2c(Br)cccc21. The van der Waals surface area contributed by atoms with Gasteiger partial charge in [-0.05, 0) is 42.8 Å². The molecule has 0 aliphatic heterocycles. The van der Waals surface area contributed by atoms with Crippen LogP contribution < -0.4 is 0 Å². The molecule has 0 saturated carbocycles. The summed E-state index contributed by atoms with van der Waals surface area (Å²) in [7, 11) is 0. The molecule has 6 aromatic rings. The number of hydrogen-bond donors (Lipinski definition) is 0. The van der Waals surface area contributed by atoms with E-state index in [2.05, 4.69) is 126 Å². The summed E-state index contributed by atoms with van der Waals surface area (Å²) in [5.41, 5.74) is 5.19. The van der Waals surface area contributed by atoms with E-state index in [-0.39, 0.29) is 0 Å². The lowest BCUT2D eigenvalue weighted by molar-refractivity contribution is 0.603. The molecular weight excluding hydrogens is 512 g/mol. The van der Waals surface area contributed by atoms with Crippen LogP contribution in [-0.4, -0.2) is 9.13 Å². The quantitative estimate of drug-likeness (QED) is 0.216. The number of hydrogen-bond acceptors (Lipinski definition) is 0. The highest BCUT2D eigenvalue weighted by Crippen LogP contribution is 2.36. The number of fused-ring (bicyclic) bond motifs is 6. The van der Waals surface area contributed by atoms with Crippen LogP contribution in [0.2, 0.25) is 0 Å². The molecule has 152 valence electrons. The van der Waals surface area contributed by atoms with Crippen molar-refractivity contribution in [3.05, 3.63) is 93.9 Å². The number of benzene rings is 4. The van der Waals surface area contributed by atoms with E-state index in [0.29, 0.717) is 0 Å². The van der Waals surface area contributed by atoms with Gasteiger partial charge in [-0.25, -0.2) is 0 Å². The van der Waals surface area contributed by atoms with E-state index in [1.807, 2.05) is 0 Å². The Morgan fingerprint density at radius 3 is 1.39 bits per heavy atom. The zero-order valence-corrected chi connectivity index (χ0v) is 20.0. The molecule has 2 heterocycles. The highest BCUT2D eigenvalue weighted by atomic mass is 79.9. The molecule has 0 spiro atoms. The smallest absolute Gasteiger partial charge is 0.0502 e. The molecule has 0 aliphatic rings. The molecule has 2 nitrogen and oxygen atoms in total. The van der Waals surface area contributed by atoms with Crippen molar-refractivity contribution in [2.75, 3.05) is 0 Å². The van der Waals surface area contributed by atoms with Gasteiger partial charge in [0.15, 0.2) is 0 Å². The van der Waals surface area contributed by atoms with Crippen LogP contribution in [-0.2, 0) is 13.1 Å². The van der Waals surface area contributed by atoms with Crippen molar-refractivity contribution in [1.82, 2.24) is 9.13 Å². The molecule has 0 atom stereocenters. The Hall–Kier alpha value is -2.56. The van der Waals surface area contributed by atoms with E-state index >= 15 is 0 Å². The number of rotatable bonds is 4. The van der Waals surface area contributed by atoms with Gasteiger partial charge in [-0.2, -0.15) is 0 Å². The fourth-order valence-electron chi connectivity index (χ4n) is 4.98. The standard InChI is InChI=1S/C27H20Br2N2/c28-20-10-5-14-24-26(20)18-8-1-3-12-22(18)30(24)16-7-17-31-23-13-4-2-9-19(23)27-21(29)11-6-15-25(27)31/h1-6,8-15H,7,16-17H2. The van der Waals surface area contributed by atoms with Crippen LogP contribution in [0.4, 0.5) is 0 Å². The van der Waals surface area contributed by atoms with Crippen molar-refractivity contribution in [1.29, 1.82) is 0 Å². The first-order valence-corrected chi connectivity index (χ1v) is 12.1. The third-order valence-electron chi connectivity index (χ3n) is 6.26. The lowest BCUT2D eigenvalue weighted by Crippen LogP contribution is -2.04. The minimum absolute atomic E-state index is 0.975.